The molecule has 0 bridgehead atoms. The zero-order valence-corrected chi connectivity index (χ0v) is 9.25. The number of ether oxygens (including phenoxy) is 1. The van der Waals surface area contributed by atoms with Crippen LogP contribution in [0.25, 0.3) is 0 Å². The summed E-state index contributed by atoms with van der Waals surface area (Å²) in [6.45, 7) is 1.29. The van der Waals surface area contributed by atoms with Crippen molar-refractivity contribution in [2.24, 2.45) is 0 Å². The molecule has 14 heavy (non-hydrogen) atoms. The topological polar surface area (TPSA) is 26.3 Å². The summed E-state index contributed by atoms with van der Waals surface area (Å²) < 4.78 is 17.3. The lowest BCUT2D eigenvalue weighted by Gasteiger charge is -2.07. The van der Waals surface area contributed by atoms with E-state index in [1.165, 1.54) is 13.0 Å². The molecule has 0 aliphatic carbocycles. The van der Waals surface area contributed by atoms with Gasteiger partial charge in [-0.25, -0.2) is 4.39 Å². The first-order chi connectivity index (χ1) is 6.63. The van der Waals surface area contributed by atoms with Crippen LogP contribution in [0.4, 0.5) is 4.39 Å². The summed E-state index contributed by atoms with van der Waals surface area (Å²) in [4.78, 5) is 11.3. The van der Waals surface area contributed by atoms with Crippen molar-refractivity contribution in [3.63, 3.8) is 0 Å². The van der Waals surface area contributed by atoms with E-state index in [2.05, 4.69) is 15.9 Å². The van der Waals surface area contributed by atoms with E-state index in [-0.39, 0.29) is 11.1 Å². The van der Waals surface area contributed by atoms with E-state index in [1.54, 1.807) is 18.2 Å². The van der Waals surface area contributed by atoms with Crippen LogP contribution in [0.15, 0.2) is 24.3 Å². The molecule has 0 fully saturated rings. The fourth-order valence-corrected chi connectivity index (χ4v) is 1.33. The molecule has 0 saturated heterocycles. The SMILES string of the molecule is CC(F)Oc1cccc(C(=O)CBr)c1. The summed E-state index contributed by atoms with van der Waals surface area (Å²) in [6.07, 6.45) is -1.37. The van der Waals surface area contributed by atoms with E-state index < -0.39 is 6.36 Å². The Bertz CT molecular complexity index is 326. The summed E-state index contributed by atoms with van der Waals surface area (Å²) >= 11 is 3.06. The molecular weight excluding hydrogens is 251 g/mol. The first-order valence-electron chi connectivity index (χ1n) is 4.13. The summed E-state index contributed by atoms with van der Waals surface area (Å²) in [5.74, 6) is 0.314. The van der Waals surface area contributed by atoms with Gasteiger partial charge in [-0.2, -0.15) is 0 Å². The van der Waals surface area contributed by atoms with Gasteiger partial charge in [-0.05, 0) is 12.1 Å². The van der Waals surface area contributed by atoms with Crippen LogP contribution >= 0.6 is 15.9 Å². The molecule has 0 amide bonds. The van der Waals surface area contributed by atoms with Gasteiger partial charge in [0.2, 0.25) is 6.36 Å². The Morgan fingerprint density at radius 2 is 2.36 bits per heavy atom. The summed E-state index contributed by atoms with van der Waals surface area (Å²) in [7, 11) is 0. The van der Waals surface area contributed by atoms with E-state index in [9.17, 15) is 9.18 Å². The Hall–Kier alpha value is -0.900. The molecule has 0 spiro atoms. The second-order valence-corrected chi connectivity index (χ2v) is 3.31. The van der Waals surface area contributed by atoms with Gasteiger partial charge in [-0.15, -0.1) is 0 Å². The van der Waals surface area contributed by atoms with Crippen LogP contribution in [0.1, 0.15) is 17.3 Å². The predicted octanol–water partition coefficient (Wildman–Crippen LogP) is 2.96. The summed E-state index contributed by atoms with van der Waals surface area (Å²) in [5, 5.41) is 0.252. The zero-order chi connectivity index (χ0) is 10.6. The van der Waals surface area contributed by atoms with Crippen LogP contribution in [0.3, 0.4) is 0 Å². The lowest BCUT2D eigenvalue weighted by atomic mass is 10.1. The van der Waals surface area contributed by atoms with E-state index in [0.29, 0.717) is 11.3 Å². The molecule has 1 rings (SSSR count). The Morgan fingerprint density at radius 1 is 1.64 bits per heavy atom. The average molecular weight is 261 g/mol. The monoisotopic (exact) mass is 260 g/mol. The molecule has 0 radical (unpaired) electrons. The number of benzene rings is 1. The van der Waals surface area contributed by atoms with Gasteiger partial charge in [0, 0.05) is 12.5 Å². The molecule has 1 unspecified atom stereocenters. The van der Waals surface area contributed by atoms with Crippen molar-refractivity contribution in [2.75, 3.05) is 5.33 Å². The smallest absolute Gasteiger partial charge is 0.235 e. The van der Waals surface area contributed by atoms with Gasteiger partial charge < -0.3 is 4.74 Å². The lowest BCUT2D eigenvalue weighted by Crippen LogP contribution is -2.05. The largest absolute Gasteiger partial charge is 0.461 e. The number of halogens is 2. The minimum absolute atomic E-state index is 0.0537. The number of rotatable bonds is 4. The first-order valence-corrected chi connectivity index (χ1v) is 5.25. The maximum Gasteiger partial charge on any atom is 0.235 e. The Morgan fingerprint density at radius 3 is 2.93 bits per heavy atom. The second kappa shape index (κ2) is 5.10. The van der Waals surface area contributed by atoms with Gasteiger partial charge in [0.25, 0.3) is 0 Å². The summed E-state index contributed by atoms with van der Waals surface area (Å²) in [6, 6.07) is 6.47. The van der Waals surface area contributed by atoms with Crippen molar-refractivity contribution in [3.8, 4) is 5.75 Å². The number of Topliss-reactive ketones (excluding diaryl/α,β-unsaturated/α-hetero) is 1. The molecule has 1 aromatic rings. The summed E-state index contributed by atoms with van der Waals surface area (Å²) in [5.41, 5.74) is 0.514. The highest BCUT2D eigenvalue weighted by atomic mass is 79.9. The number of hydrogen-bond acceptors (Lipinski definition) is 2. The van der Waals surface area contributed by atoms with E-state index in [1.807, 2.05) is 0 Å². The van der Waals surface area contributed by atoms with Crippen molar-refractivity contribution in [3.05, 3.63) is 29.8 Å². The van der Waals surface area contributed by atoms with Gasteiger partial charge >= 0.3 is 0 Å². The van der Waals surface area contributed by atoms with Crippen LogP contribution in [-0.4, -0.2) is 17.5 Å². The Kier molecular flexibility index (Phi) is 4.07. The van der Waals surface area contributed by atoms with Gasteiger partial charge in [-0.1, -0.05) is 28.1 Å². The Balaban J connectivity index is 2.84. The molecule has 76 valence electrons. The van der Waals surface area contributed by atoms with Crippen LogP contribution in [0, 0.1) is 0 Å². The standard InChI is InChI=1S/C10H10BrFO2/c1-7(12)14-9-4-2-3-8(5-9)10(13)6-11/h2-5,7H,6H2,1H3. The molecule has 1 atom stereocenters. The van der Waals surface area contributed by atoms with Crippen molar-refractivity contribution >= 4 is 21.7 Å². The van der Waals surface area contributed by atoms with Crippen molar-refractivity contribution in [1.29, 1.82) is 0 Å². The normalized spacial score (nSPS) is 12.2. The minimum Gasteiger partial charge on any atom is -0.461 e. The second-order valence-electron chi connectivity index (χ2n) is 2.75. The maximum atomic E-state index is 12.5. The molecule has 0 saturated carbocycles. The lowest BCUT2D eigenvalue weighted by molar-refractivity contribution is 0.0855. The highest BCUT2D eigenvalue weighted by Gasteiger charge is 2.06. The van der Waals surface area contributed by atoms with Gasteiger partial charge in [-0.3, -0.25) is 4.79 Å². The molecule has 4 heteroatoms. The number of carbonyl (C=O) groups excluding carboxylic acids is 1. The third-order valence-corrected chi connectivity index (χ3v) is 2.09. The van der Waals surface area contributed by atoms with Crippen molar-refractivity contribution < 1.29 is 13.9 Å². The molecule has 0 aliphatic rings. The highest BCUT2D eigenvalue weighted by molar-refractivity contribution is 9.09. The van der Waals surface area contributed by atoms with E-state index in [0.717, 1.165) is 0 Å². The molecule has 0 N–H and O–H groups in total. The molecule has 2 nitrogen and oxygen atoms in total. The first kappa shape index (κ1) is 11.2. The fourth-order valence-electron chi connectivity index (χ4n) is 1.01. The number of hydrogen-bond donors (Lipinski definition) is 0. The Labute approximate surface area is 90.2 Å². The van der Waals surface area contributed by atoms with Crippen molar-refractivity contribution in [2.45, 2.75) is 13.3 Å². The van der Waals surface area contributed by atoms with Gasteiger partial charge in [0.05, 0.1) is 5.33 Å². The van der Waals surface area contributed by atoms with Crippen LogP contribution in [0.2, 0.25) is 0 Å². The minimum atomic E-state index is -1.37. The maximum absolute atomic E-state index is 12.5. The van der Waals surface area contributed by atoms with Crippen LogP contribution in [-0.2, 0) is 0 Å². The molecular formula is C10H10BrFO2. The fraction of sp³-hybridized carbons (Fsp3) is 0.300. The third-order valence-electron chi connectivity index (χ3n) is 1.58. The van der Waals surface area contributed by atoms with Crippen molar-refractivity contribution in [1.82, 2.24) is 0 Å². The van der Waals surface area contributed by atoms with E-state index in [4.69, 9.17) is 4.74 Å². The zero-order valence-electron chi connectivity index (χ0n) is 7.67. The third kappa shape index (κ3) is 3.10. The average Bonchev–Trinajstić information content (AvgIpc) is 2.16. The van der Waals surface area contributed by atoms with Gasteiger partial charge in [0.15, 0.2) is 5.78 Å². The van der Waals surface area contributed by atoms with Crippen LogP contribution in [0.5, 0.6) is 5.75 Å². The van der Waals surface area contributed by atoms with E-state index >= 15 is 0 Å². The molecule has 0 heterocycles. The number of alkyl halides is 2. The highest BCUT2D eigenvalue weighted by Crippen LogP contribution is 2.16. The van der Waals surface area contributed by atoms with Crippen LogP contribution < -0.4 is 4.74 Å². The molecule has 0 aromatic heterocycles. The molecule has 1 aromatic carbocycles. The molecule has 0 aliphatic heterocycles. The quantitative estimate of drug-likeness (QED) is 0.615. The number of carbonyl (C=O) groups is 1. The predicted molar refractivity (Wildman–Crippen MR) is 55.8 cm³/mol. The number of ketones is 1. The van der Waals surface area contributed by atoms with Gasteiger partial charge in [0.1, 0.15) is 5.75 Å².